The van der Waals surface area contributed by atoms with E-state index in [0.29, 0.717) is 12.8 Å². The fraction of sp³-hybridized carbons (Fsp3) is 0.500. The molecule has 0 amide bonds. The third-order valence-electron chi connectivity index (χ3n) is 2.91. The van der Waals surface area contributed by atoms with E-state index in [0.717, 1.165) is 11.1 Å². The van der Waals surface area contributed by atoms with Crippen molar-refractivity contribution in [1.29, 1.82) is 0 Å². The number of ether oxygens (including phenoxy) is 2. The molecule has 17 heavy (non-hydrogen) atoms. The molecule has 0 aliphatic heterocycles. The molecule has 1 unspecified atom stereocenters. The average Bonchev–Trinajstić information content (AvgIpc) is 2.32. The maximum Gasteiger partial charge on any atom is 0.312 e. The van der Waals surface area contributed by atoms with Gasteiger partial charge in [0, 0.05) is 13.5 Å². The molecule has 0 saturated heterocycles. The van der Waals surface area contributed by atoms with Gasteiger partial charge in [0.15, 0.2) is 0 Å². The van der Waals surface area contributed by atoms with E-state index in [4.69, 9.17) is 9.47 Å². The van der Waals surface area contributed by atoms with Crippen LogP contribution >= 0.6 is 0 Å². The lowest BCUT2D eigenvalue weighted by Crippen LogP contribution is -2.20. The summed E-state index contributed by atoms with van der Waals surface area (Å²) in [7, 11) is 1.54. The first-order chi connectivity index (χ1) is 8.08. The Morgan fingerprint density at radius 2 is 2.06 bits per heavy atom. The molecule has 0 N–H and O–H groups in total. The third kappa shape index (κ3) is 3.86. The van der Waals surface area contributed by atoms with Crippen LogP contribution in [0.4, 0.5) is 0 Å². The van der Waals surface area contributed by atoms with Crippen LogP contribution in [-0.2, 0) is 20.7 Å². The van der Waals surface area contributed by atoms with E-state index in [1.807, 2.05) is 39.0 Å². The molecule has 1 aromatic carbocycles. The lowest BCUT2D eigenvalue weighted by Gasteiger charge is -2.15. The SMILES string of the molecule is CCC(OC)OC(=O)Cc1cccc(C)c1C. The first kappa shape index (κ1) is 13.7. The average molecular weight is 236 g/mol. The number of methoxy groups -OCH3 is 1. The van der Waals surface area contributed by atoms with E-state index in [-0.39, 0.29) is 5.97 Å². The zero-order valence-corrected chi connectivity index (χ0v) is 10.9. The predicted molar refractivity (Wildman–Crippen MR) is 66.8 cm³/mol. The third-order valence-corrected chi connectivity index (χ3v) is 2.91. The summed E-state index contributed by atoms with van der Waals surface area (Å²) >= 11 is 0. The van der Waals surface area contributed by atoms with Crippen LogP contribution in [0.25, 0.3) is 0 Å². The number of carbonyl (C=O) groups is 1. The molecule has 0 aliphatic rings. The second kappa shape index (κ2) is 6.40. The van der Waals surface area contributed by atoms with Gasteiger partial charge in [-0.3, -0.25) is 4.79 Å². The van der Waals surface area contributed by atoms with Gasteiger partial charge in [-0.25, -0.2) is 0 Å². The van der Waals surface area contributed by atoms with Crippen LogP contribution in [0.3, 0.4) is 0 Å². The van der Waals surface area contributed by atoms with Crippen molar-refractivity contribution in [2.45, 2.75) is 39.9 Å². The molecule has 1 aromatic rings. The van der Waals surface area contributed by atoms with E-state index >= 15 is 0 Å². The molecule has 0 fully saturated rings. The first-order valence-corrected chi connectivity index (χ1v) is 5.85. The number of rotatable bonds is 5. The van der Waals surface area contributed by atoms with Gasteiger partial charge in [-0.15, -0.1) is 0 Å². The molecule has 0 saturated carbocycles. The minimum Gasteiger partial charge on any atom is -0.436 e. The van der Waals surface area contributed by atoms with Crippen LogP contribution < -0.4 is 0 Å². The molecule has 94 valence electrons. The van der Waals surface area contributed by atoms with E-state index in [9.17, 15) is 4.79 Å². The maximum absolute atomic E-state index is 11.7. The van der Waals surface area contributed by atoms with Gasteiger partial charge in [-0.1, -0.05) is 25.1 Å². The van der Waals surface area contributed by atoms with Crippen LogP contribution in [0, 0.1) is 13.8 Å². The highest BCUT2D eigenvalue weighted by Gasteiger charge is 2.13. The molecule has 1 rings (SSSR count). The maximum atomic E-state index is 11.7. The van der Waals surface area contributed by atoms with Gasteiger partial charge in [-0.2, -0.15) is 0 Å². The van der Waals surface area contributed by atoms with Crippen LogP contribution in [0.2, 0.25) is 0 Å². The van der Waals surface area contributed by atoms with Crippen LogP contribution in [-0.4, -0.2) is 19.4 Å². The van der Waals surface area contributed by atoms with Gasteiger partial charge in [-0.05, 0) is 30.5 Å². The van der Waals surface area contributed by atoms with Crippen LogP contribution in [0.1, 0.15) is 30.0 Å². The normalized spacial score (nSPS) is 12.2. The molecule has 0 aliphatic carbocycles. The van der Waals surface area contributed by atoms with Crippen molar-refractivity contribution in [3.63, 3.8) is 0 Å². The summed E-state index contributed by atoms with van der Waals surface area (Å²) in [4.78, 5) is 11.7. The molecule has 0 heterocycles. The van der Waals surface area contributed by atoms with Crippen molar-refractivity contribution in [2.75, 3.05) is 7.11 Å². The first-order valence-electron chi connectivity index (χ1n) is 5.85. The van der Waals surface area contributed by atoms with E-state index < -0.39 is 6.29 Å². The smallest absolute Gasteiger partial charge is 0.312 e. The highest BCUT2D eigenvalue weighted by molar-refractivity contribution is 5.73. The number of hydrogen-bond acceptors (Lipinski definition) is 3. The minimum atomic E-state index is -0.437. The molecule has 0 radical (unpaired) electrons. The lowest BCUT2D eigenvalue weighted by atomic mass is 10.0. The highest BCUT2D eigenvalue weighted by atomic mass is 16.7. The van der Waals surface area contributed by atoms with E-state index in [2.05, 4.69) is 0 Å². The van der Waals surface area contributed by atoms with E-state index in [1.165, 1.54) is 5.56 Å². The van der Waals surface area contributed by atoms with Gasteiger partial charge in [0.2, 0.25) is 6.29 Å². The summed E-state index contributed by atoms with van der Waals surface area (Å²) < 4.78 is 10.2. The summed E-state index contributed by atoms with van der Waals surface area (Å²) in [5.74, 6) is -0.243. The summed E-state index contributed by atoms with van der Waals surface area (Å²) in [6.45, 7) is 5.97. The second-order valence-electron chi connectivity index (χ2n) is 4.10. The van der Waals surface area contributed by atoms with Gasteiger partial charge in [0.05, 0.1) is 6.42 Å². The lowest BCUT2D eigenvalue weighted by molar-refractivity contribution is -0.172. The molecule has 0 bridgehead atoms. The summed E-state index contributed by atoms with van der Waals surface area (Å²) in [6.07, 6.45) is 0.523. The Hall–Kier alpha value is -1.35. The largest absolute Gasteiger partial charge is 0.436 e. The molecule has 1 atom stereocenters. The number of esters is 1. The van der Waals surface area contributed by atoms with Gasteiger partial charge in [0.1, 0.15) is 0 Å². The molecule has 0 spiro atoms. The van der Waals surface area contributed by atoms with Crippen molar-refractivity contribution in [3.8, 4) is 0 Å². The summed E-state index contributed by atoms with van der Waals surface area (Å²) in [5, 5.41) is 0. The second-order valence-corrected chi connectivity index (χ2v) is 4.10. The minimum absolute atomic E-state index is 0.243. The fourth-order valence-electron chi connectivity index (χ4n) is 1.65. The molecule has 0 aromatic heterocycles. The van der Waals surface area contributed by atoms with Gasteiger partial charge in [0.25, 0.3) is 0 Å². The Labute approximate surface area is 103 Å². The van der Waals surface area contributed by atoms with Gasteiger partial charge >= 0.3 is 5.97 Å². The monoisotopic (exact) mass is 236 g/mol. The number of hydrogen-bond donors (Lipinski definition) is 0. The molecule has 3 nitrogen and oxygen atoms in total. The topological polar surface area (TPSA) is 35.5 Å². The van der Waals surface area contributed by atoms with E-state index in [1.54, 1.807) is 7.11 Å². The zero-order chi connectivity index (χ0) is 12.8. The Morgan fingerprint density at radius 3 is 2.65 bits per heavy atom. The summed E-state index contributed by atoms with van der Waals surface area (Å²) in [6, 6.07) is 5.95. The van der Waals surface area contributed by atoms with Crippen molar-refractivity contribution >= 4 is 5.97 Å². The fourth-order valence-corrected chi connectivity index (χ4v) is 1.65. The van der Waals surface area contributed by atoms with Crippen molar-refractivity contribution < 1.29 is 14.3 Å². The number of benzene rings is 1. The molecular formula is C14H20O3. The Balaban J connectivity index is 2.65. The van der Waals surface area contributed by atoms with Crippen molar-refractivity contribution in [1.82, 2.24) is 0 Å². The standard InChI is InChI=1S/C14H20O3/c1-5-14(16-4)17-13(15)9-12-8-6-7-10(2)11(12)3/h6-8,14H,5,9H2,1-4H3. The zero-order valence-electron chi connectivity index (χ0n) is 10.9. The Bertz CT molecular complexity index is 381. The highest BCUT2D eigenvalue weighted by Crippen LogP contribution is 2.14. The van der Waals surface area contributed by atoms with Crippen molar-refractivity contribution in [3.05, 3.63) is 34.9 Å². The predicted octanol–water partition coefficient (Wildman–Crippen LogP) is 2.77. The summed E-state index contributed by atoms with van der Waals surface area (Å²) in [5.41, 5.74) is 3.35. The number of aryl methyl sites for hydroxylation is 1. The number of carbonyl (C=O) groups excluding carboxylic acids is 1. The quantitative estimate of drug-likeness (QED) is 0.582. The van der Waals surface area contributed by atoms with Crippen LogP contribution in [0.5, 0.6) is 0 Å². The molecular weight excluding hydrogens is 216 g/mol. The van der Waals surface area contributed by atoms with Crippen molar-refractivity contribution in [2.24, 2.45) is 0 Å². The Morgan fingerprint density at radius 1 is 1.35 bits per heavy atom. The van der Waals surface area contributed by atoms with Crippen LogP contribution in [0.15, 0.2) is 18.2 Å². The molecule has 3 heteroatoms. The Kier molecular flexibility index (Phi) is 5.16. The van der Waals surface area contributed by atoms with Gasteiger partial charge < -0.3 is 9.47 Å².